The van der Waals surface area contributed by atoms with Crippen molar-refractivity contribution in [1.29, 1.82) is 0 Å². The smallest absolute Gasteiger partial charge is 0.255 e. The van der Waals surface area contributed by atoms with Crippen molar-refractivity contribution >= 4 is 34.4 Å². The number of likely N-dealkylation sites (N-methyl/N-ethyl adjacent to an activating group) is 2. The van der Waals surface area contributed by atoms with E-state index in [1.807, 2.05) is 56.3 Å². The fourth-order valence-electron chi connectivity index (χ4n) is 4.87. The number of fused-ring (bicyclic) bond motifs is 3. The van der Waals surface area contributed by atoms with E-state index in [1.54, 1.807) is 11.9 Å². The number of nitrogens with zero attached hydrogens (tertiary/aromatic N) is 3. The number of allylic oxidation sites excluding steroid dienone is 1. The standard InChI is InChI=1S/C28H29N3O4/c1-4-31(5-2)25(32)16-30(3)28(33)26-20-8-6-7-9-22(20)29-27-19(11-12-21(26)27)14-18-10-13-23-24(15-18)35-17-34-23/h6-10,13-15H,4-5,11-12,16-17H2,1-3H3/b19-14+. The first kappa shape index (κ1) is 22.9. The van der Waals surface area contributed by atoms with Gasteiger partial charge in [0.15, 0.2) is 11.5 Å². The summed E-state index contributed by atoms with van der Waals surface area (Å²) in [6.07, 6.45) is 3.62. The van der Waals surface area contributed by atoms with Gasteiger partial charge in [-0.05, 0) is 67.7 Å². The van der Waals surface area contributed by atoms with E-state index in [0.717, 1.165) is 57.6 Å². The number of hydrogen-bond donors (Lipinski definition) is 0. The van der Waals surface area contributed by atoms with Crippen molar-refractivity contribution in [3.05, 3.63) is 64.8 Å². The molecule has 0 saturated carbocycles. The van der Waals surface area contributed by atoms with E-state index in [4.69, 9.17) is 14.5 Å². The molecule has 2 aromatic carbocycles. The lowest BCUT2D eigenvalue weighted by atomic mass is 9.99. The lowest BCUT2D eigenvalue weighted by Gasteiger charge is -2.24. The van der Waals surface area contributed by atoms with Crippen molar-refractivity contribution in [1.82, 2.24) is 14.8 Å². The highest BCUT2D eigenvalue weighted by molar-refractivity contribution is 6.10. The van der Waals surface area contributed by atoms with Crippen LogP contribution in [0.1, 0.15) is 47.4 Å². The molecule has 2 aliphatic rings. The maximum Gasteiger partial charge on any atom is 0.255 e. The highest BCUT2D eigenvalue weighted by Gasteiger charge is 2.29. The highest BCUT2D eigenvalue weighted by atomic mass is 16.7. The molecule has 0 atom stereocenters. The number of pyridine rings is 1. The summed E-state index contributed by atoms with van der Waals surface area (Å²) in [5, 5.41) is 0.822. The summed E-state index contributed by atoms with van der Waals surface area (Å²) in [6.45, 7) is 5.42. The SMILES string of the molecule is CCN(CC)C(=O)CN(C)C(=O)c1c2c(nc3ccccc13)/C(=C/c1ccc3c(c1)OCO3)CC2. The molecule has 0 spiro atoms. The molecule has 1 aliphatic heterocycles. The molecule has 180 valence electrons. The number of benzene rings is 2. The Morgan fingerprint density at radius 3 is 2.60 bits per heavy atom. The molecule has 2 amide bonds. The molecule has 7 heteroatoms. The Morgan fingerprint density at radius 1 is 1.03 bits per heavy atom. The van der Waals surface area contributed by atoms with E-state index in [-0.39, 0.29) is 25.2 Å². The van der Waals surface area contributed by atoms with Gasteiger partial charge in [0.05, 0.1) is 23.3 Å². The molecule has 0 radical (unpaired) electrons. The molecule has 1 aliphatic carbocycles. The Labute approximate surface area is 205 Å². The Hall–Kier alpha value is -3.87. The Balaban J connectivity index is 1.53. The average Bonchev–Trinajstić information content (AvgIpc) is 3.49. The van der Waals surface area contributed by atoms with Gasteiger partial charge in [-0.3, -0.25) is 9.59 Å². The first-order valence-electron chi connectivity index (χ1n) is 12.1. The topological polar surface area (TPSA) is 72.0 Å². The summed E-state index contributed by atoms with van der Waals surface area (Å²) >= 11 is 0. The van der Waals surface area contributed by atoms with Crippen LogP contribution in [0, 0.1) is 0 Å². The van der Waals surface area contributed by atoms with Gasteiger partial charge in [-0.15, -0.1) is 0 Å². The largest absolute Gasteiger partial charge is 0.454 e. The van der Waals surface area contributed by atoms with Crippen LogP contribution in [0.5, 0.6) is 11.5 Å². The number of ether oxygens (including phenoxy) is 2. The molecule has 1 aromatic heterocycles. The number of hydrogen-bond acceptors (Lipinski definition) is 5. The van der Waals surface area contributed by atoms with Crippen molar-refractivity contribution in [3.63, 3.8) is 0 Å². The maximum absolute atomic E-state index is 13.7. The molecule has 7 nitrogen and oxygen atoms in total. The fraction of sp³-hybridized carbons (Fsp3) is 0.321. The minimum Gasteiger partial charge on any atom is -0.454 e. The van der Waals surface area contributed by atoms with E-state index in [1.165, 1.54) is 4.90 Å². The lowest BCUT2D eigenvalue weighted by molar-refractivity contribution is -0.131. The Morgan fingerprint density at radius 2 is 1.80 bits per heavy atom. The molecule has 0 N–H and O–H groups in total. The molecule has 2 heterocycles. The van der Waals surface area contributed by atoms with Crippen molar-refractivity contribution in [2.75, 3.05) is 33.5 Å². The lowest BCUT2D eigenvalue weighted by Crippen LogP contribution is -2.41. The van der Waals surface area contributed by atoms with Crippen LogP contribution in [-0.4, -0.2) is 60.1 Å². The zero-order chi connectivity index (χ0) is 24.5. The summed E-state index contributed by atoms with van der Waals surface area (Å²) in [6, 6.07) is 13.6. The first-order valence-corrected chi connectivity index (χ1v) is 12.1. The molecule has 0 saturated heterocycles. The zero-order valence-electron chi connectivity index (χ0n) is 20.3. The van der Waals surface area contributed by atoms with Gasteiger partial charge in [0, 0.05) is 25.5 Å². The van der Waals surface area contributed by atoms with Gasteiger partial charge in [0.1, 0.15) is 0 Å². The van der Waals surface area contributed by atoms with Gasteiger partial charge in [0.2, 0.25) is 12.7 Å². The quantitative estimate of drug-likeness (QED) is 0.533. The third-order valence-electron chi connectivity index (χ3n) is 6.73. The third kappa shape index (κ3) is 4.22. The maximum atomic E-state index is 13.7. The van der Waals surface area contributed by atoms with Crippen LogP contribution in [0.25, 0.3) is 22.6 Å². The molecule has 3 aromatic rings. The fourth-order valence-corrected chi connectivity index (χ4v) is 4.87. The van der Waals surface area contributed by atoms with Crippen LogP contribution in [0.15, 0.2) is 42.5 Å². The number of carbonyl (C=O) groups is 2. The number of para-hydroxylation sites is 1. The highest BCUT2D eigenvalue weighted by Crippen LogP contribution is 2.39. The molecule has 35 heavy (non-hydrogen) atoms. The number of carbonyl (C=O) groups excluding carboxylic acids is 2. The van der Waals surface area contributed by atoms with E-state index >= 15 is 0 Å². The van der Waals surface area contributed by atoms with Gasteiger partial charge < -0.3 is 19.3 Å². The van der Waals surface area contributed by atoms with E-state index in [9.17, 15) is 9.59 Å². The van der Waals surface area contributed by atoms with Crippen LogP contribution >= 0.6 is 0 Å². The minimum atomic E-state index is -0.148. The summed E-state index contributed by atoms with van der Waals surface area (Å²) in [5.74, 6) is 1.28. The van der Waals surface area contributed by atoms with Crippen LogP contribution < -0.4 is 9.47 Å². The van der Waals surface area contributed by atoms with Gasteiger partial charge in [-0.1, -0.05) is 24.3 Å². The molecule has 5 rings (SSSR count). The van der Waals surface area contributed by atoms with Gasteiger partial charge in [-0.25, -0.2) is 4.98 Å². The van der Waals surface area contributed by atoms with E-state index in [0.29, 0.717) is 18.7 Å². The van der Waals surface area contributed by atoms with Gasteiger partial charge in [-0.2, -0.15) is 0 Å². The second kappa shape index (κ2) is 9.41. The minimum absolute atomic E-state index is 0.0474. The van der Waals surface area contributed by atoms with E-state index in [2.05, 4.69) is 6.08 Å². The summed E-state index contributed by atoms with van der Waals surface area (Å²) in [4.78, 5) is 34.6. The predicted molar refractivity (Wildman–Crippen MR) is 135 cm³/mol. The summed E-state index contributed by atoms with van der Waals surface area (Å²) in [5.41, 5.74) is 5.31. The van der Waals surface area contributed by atoms with Gasteiger partial charge >= 0.3 is 0 Å². The van der Waals surface area contributed by atoms with Crippen molar-refractivity contribution < 1.29 is 19.1 Å². The predicted octanol–water partition coefficient (Wildman–Crippen LogP) is 4.39. The van der Waals surface area contributed by atoms with Crippen LogP contribution in [0.4, 0.5) is 0 Å². The number of rotatable bonds is 6. The Kier molecular flexibility index (Phi) is 6.16. The van der Waals surface area contributed by atoms with Crippen molar-refractivity contribution in [2.24, 2.45) is 0 Å². The average molecular weight is 472 g/mol. The van der Waals surface area contributed by atoms with Crippen LogP contribution in [0.3, 0.4) is 0 Å². The molecule has 0 unspecified atom stereocenters. The van der Waals surface area contributed by atoms with Crippen LogP contribution in [-0.2, 0) is 11.2 Å². The second-order valence-corrected chi connectivity index (χ2v) is 8.84. The molecular weight excluding hydrogens is 442 g/mol. The Bertz CT molecular complexity index is 1340. The molecule has 0 fully saturated rings. The molecular formula is C28H29N3O4. The van der Waals surface area contributed by atoms with Crippen LogP contribution in [0.2, 0.25) is 0 Å². The first-order chi connectivity index (χ1) is 17.0. The van der Waals surface area contributed by atoms with Gasteiger partial charge in [0.25, 0.3) is 5.91 Å². The van der Waals surface area contributed by atoms with Crippen molar-refractivity contribution in [2.45, 2.75) is 26.7 Å². The normalized spacial score (nSPS) is 14.9. The summed E-state index contributed by atoms with van der Waals surface area (Å²) < 4.78 is 10.9. The van der Waals surface area contributed by atoms with E-state index < -0.39 is 0 Å². The molecule has 0 bridgehead atoms. The third-order valence-corrected chi connectivity index (χ3v) is 6.73. The number of aromatic nitrogens is 1. The van der Waals surface area contributed by atoms with Crippen molar-refractivity contribution in [3.8, 4) is 11.5 Å². The zero-order valence-corrected chi connectivity index (χ0v) is 20.3. The second-order valence-electron chi connectivity index (χ2n) is 8.84. The number of amides is 2. The summed E-state index contributed by atoms with van der Waals surface area (Å²) in [7, 11) is 1.70. The monoisotopic (exact) mass is 471 g/mol.